The number of hydrogen-bond acceptors (Lipinski definition) is 6. The molecule has 41 heavy (non-hydrogen) atoms. The van der Waals surface area contributed by atoms with E-state index in [9.17, 15) is 4.79 Å². The first kappa shape index (κ1) is 26.2. The van der Waals surface area contributed by atoms with E-state index in [-0.39, 0.29) is 24.6 Å². The summed E-state index contributed by atoms with van der Waals surface area (Å²) in [6, 6.07) is 24.6. The number of carbonyl (C=O) groups excluding carboxylic acids is 1. The molecule has 206 valence electrons. The number of para-hydroxylation sites is 1. The quantitative estimate of drug-likeness (QED) is 0.264. The fourth-order valence-electron chi connectivity index (χ4n) is 5.25. The van der Waals surface area contributed by atoms with Gasteiger partial charge in [-0.1, -0.05) is 24.3 Å². The van der Waals surface area contributed by atoms with E-state index in [1.54, 1.807) is 18.9 Å². The summed E-state index contributed by atoms with van der Waals surface area (Å²) >= 11 is 5.89. The van der Waals surface area contributed by atoms with Crippen molar-refractivity contribution in [3.8, 4) is 5.75 Å². The van der Waals surface area contributed by atoms with Crippen LogP contribution in [0.2, 0.25) is 0 Å². The average molecular weight is 565 g/mol. The maximum absolute atomic E-state index is 12.5. The fraction of sp³-hybridized carbons (Fsp3) is 0.167. The molecular weight excluding hydrogens is 536 g/mol. The summed E-state index contributed by atoms with van der Waals surface area (Å²) in [6.45, 7) is 4.05. The molecule has 0 bridgehead atoms. The zero-order valence-electron chi connectivity index (χ0n) is 22.5. The molecule has 0 saturated carbocycles. The first-order valence-corrected chi connectivity index (χ1v) is 13.5. The number of amides is 1. The van der Waals surface area contributed by atoms with E-state index in [1.807, 2.05) is 77.5 Å². The number of rotatable bonds is 8. The first-order chi connectivity index (χ1) is 20.0. The molecule has 6 rings (SSSR count). The molecule has 1 aliphatic heterocycles. The number of anilines is 2. The van der Waals surface area contributed by atoms with Crippen LogP contribution in [-0.4, -0.2) is 42.2 Å². The number of thiocarbonyl (C=S) groups is 1. The second kappa shape index (κ2) is 11.2. The highest BCUT2D eigenvalue weighted by molar-refractivity contribution is 7.80. The molecular formula is C30H28N8O2S. The van der Waals surface area contributed by atoms with Gasteiger partial charge in [0.2, 0.25) is 0 Å². The normalized spacial score (nSPS) is 16.4. The highest BCUT2D eigenvalue weighted by atomic mass is 32.1. The van der Waals surface area contributed by atoms with E-state index in [0.717, 1.165) is 28.3 Å². The molecule has 1 saturated heterocycles. The van der Waals surface area contributed by atoms with E-state index >= 15 is 0 Å². The van der Waals surface area contributed by atoms with Gasteiger partial charge in [-0.3, -0.25) is 14.5 Å². The van der Waals surface area contributed by atoms with Crippen LogP contribution in [-0.2, 0) is 4.79 Å². The van der Waals surface area contributed by atoms with Crippen LogP contribution in [0.5, 0.6) is 5.75 Å². The van der Waals surface area contributed by atoms with Crippen molar-refractivity contribution >= 4 is 34.6 Å². The topological polar surface area (TPSA) is 102 Å². The maximum Gasteiger partial charge on any atom is 0.262 e. The molecule has 4 heterocycles. The summed E-state index contributed by atoms with van der Waals surface area (Å²) in [5, 5.41) is 15.0. The van der Waals surface area contributed by atoms with Gasteiger partial charge in [0.1, 0.15) is 18.4 Å². The predicted octanol–water partition coefficient (Wildman–Crippen LogP) is 4.60. The molecule has 0 aliphatic carbocycles. The van der Waals surface area contributed by atoms with Gasteiger partial charge in [0, 0.05) is 34.5 Å². The van der Waals surface area contributed by atoms with Crippen LogP contribution in [0.25, 0.3) is 0 Å². The number of hydrogen-bond donors (Lipinski definition) is 2. The Labute approximate surface area is 242 Å². The van der Waals surface area contributed by atoms with Crippen molar-refractivity contribution < 1.29 is 9.53 Å². The minimum absolute atomic E-state index is 0.0816. The van der Waals surface area contributed by atoms with E-state index in [0.29, 0.717) is 16.5 Å². The molecule has 1 fully saturated rings. The second-order valence-electron chi connectivity index (χ2n) is 9.67. The Morgan fingerprint density at radius 3 is 2.44 bits per heavy atom. The third-order valence-electron chi connectivity index (χ3n) is 7.03. The van der Waals surface area contributed by atoms with Crippen molar-refractivity contribution in [2.45, 2.75) is 25.9 Å². The van der Waals surface area contributed by atoms with Gasteiger partial charge in [-0.05, 0) is 80.7 Å². The lowest BCUT2D eigenvalue weighted by Gasteiger charge is -2.28. The zero-order valence-corrected chi connectivity index (χ0v) is 23.3. The lowest BCUT2D eigenvalue weighted by Crippen LogP contribution is -2.29. The number of nitrogens with one attached hydrogen (secondary N) is 2. The van der Waals surface area contributed by atoms with Crippen molar-refractivity contribution in [2.24, 2.45) is 0 Å². The third kappa shape index (κ3) is 5.27. The number of benzene rings is 2. The molecule has 10 nitrogen and oxygen atoms in total. The molecule has 11 heteroatoms. The van der Waals surface area contributed by atoms with Gasteiger partial charge < -0.3 is 20.3 Å². The third-order valence-corrected chi connectivity index (χ3v) is 7.35. The first-order valence-electron chi connectivity index (χ1n) is 13.1. The molecule has 3 aromatic heterocycles. The van der Waals surface area contributed by atoms with Crippen LogP contribution in [0.3, 0.4) is 0 Å². The summed E-state index contributed by atoms with van der Waals surface area (Å²) in [7, 11) is 0. The SMILES string of the molecule is Cc1cc([C@@H]2[C@H](c3ccccn3)NC(=S)N2c2ccc(NC(=O)COc3ccccc3)cc2)c(C)n1-n1cnnc1. The number of nitrogens with zero attached hydrogens (tertiary/aromatic N) is 6. The number of pyridine rings is 1. The predicted molar refractivity (Wildman–Crippen MR) is 160 cm³/mol. The van der Waals surface area contributed by atoms with Crippen molar-refractivity contribution in [2.75, 3.05) is 16.8 Å². The Balaban J connectivity index is 1.29. The zero-order chi connectivity index (χ0) is 28.3. The Morgan fingerprint density at radius 1 is 1.00 bits per heavy atom. The Morgan fingerprint density at radius 2 is 1.73 bits per heavy atom. The number of aromatic nitrogens is 5. The van der Waals surface area contributed by atoms with Crippen LogP contribution in [0.1, 0.15) is 34.7 Å². The minimum Gasteiger partial charge on any atom is -0.484 e. The average Bonchev–Trinajstić information content (AvgIpc) is 3.71. The van der Waals surface area contributed by atoms with Crippen molar-refractivity contribution in [1.29, 1.82) is 0 Å². The smallest absolute Gasteiger partial charge is 0.262 e. The maximum atomic E-state index is 12.5. The molecule has 2 N–H and O–H groups in total. The number of carbonyl (C=O) groups is 1. The molecule has 0 radical (unpaired) electrons. The second-order valence-corrected chi connectivity index (χ2v) is 10.1. The van der Waals surface area contributed by atoms with Gasteiger partial charge in [0.25, 0.3) is 5.91 Å². The van der Waals surface area contributed by atoms with Gasteiger partial charge in [-0.15, -0.1) is 10.2 Å². The van der Waals surface area contributed by atoms with Crippen molar-refractivity contribution in [1.82, 2.24) is 29.9 Å². The van der Waals surface area contributed by atoms with E-state index in [1.165, 1.54) is 0 Å². The molecule has 0 spiro atoms. The molecule has 2 aromatic carbocycles. The number of ether oxygens (including phenoxy) is 1. The standard InChI is InChI=1S/C30H28N8O2S/c1-20-16-25(21(2)38(20)36-18-32-33-19-36)29-28(26-10-6-7-15-31-26)35-30(41)37(29)23-13-11-22(12-14-23)34-27(39)17-40-24-8-4-3-5-9-24/h3-16,18-19,28-29H,17H2,1-2H3,(H,34,39)(H,35,41)/t28-,29+/m0/s1. The van der Waals surface area contributed by atoms with Crippen molar-refractivity contribution in [3.63, 3.8) is 0 Å². The summed E-state index contributed by atoms with van der Waals surface area (Å²) in [5.41, 5.74) is 5.60. The lowest BCUT2D eigenvalue weighted by atomic mass is 9.96. The molecule has 1 amide bonds. The van der Waals surface area contributed by atoms with Crippen LogP contribution >= 0.6 is 12.2 Å². The van der Waals surface area contributed by atoms with Gasteiger partial charge in [-0.2, -0.15) is 0 Å². The van der Waals surface area contributed by atoms with Gasteiger partial charge >= 0.3 is 0 Å². The highest BCUT2D eigenvalue weighted by Crippen LogP contribution is 2.43. The molecule has 0 unspecified atom stereocenters. The summed E-state index contributed by atoms with van der Waals surface area (Å²) in [6.07, 6.45) is 5.14. The van der Waals surface area contributed by atoms with Gasteiger partial charge in [-0.25, -0.2) is 4.68 Å². The largest absolute Gasteiger partial charge is 0.484 e. The fourth-order valence-corrected chi connectivity index (χ4v) is 5.59. The monoisotopic (exact) mass is 564 g/mol. The highest BCUT2D eigenvalue weighted by Gasteiger charge is 2.42. The van der Waals surface area contributed by atoms with E-state index in [4.69, 9.17) is 17.0 Å². The van der Waals surface area contributed by atoms with Crippen LogP contribution in [0.4, 0.5) is 11.4 Å². The molecule has 1 aliphatic rings. The summed E-state index contributed by atoms with van der Waals surface area (Å²) in [5.74, 6) is 0.402. The summed E-state index contributed by atoms with van der Waals surface area (Å²) < 4.78 is 9.49. The summed E-state index contributed by atoms with van der Waals surface area (Å²) in [4.78, 5) is 19.2. The Hall–Kier alpha value is -5.03. The molecule has 2 atom stereocenters. The van der Waals surface area contributed by atoms with E-state index in [2.05, 4.69) is 55.3 Å². The van der Waals surface area contributed by atoms with Gasteiger partial charge in [0.15, 0.2) is 11.7 Å². The lowest BCUT2D eigenvalue weighted by molar-refractivity contribution is -0.118. The van der Waals surface area contributed by atoms with Crippen LogP contribution in [0.15, 0.2) is 97.7 Å². The van der Waals surface area contributed by atoms with Crippen LogP contribution < -0.4 is 20.3 Å². The number of aryl methyl sites for hydroxylation is 1. The van der Waals surface area contributed by atoms with E-state index < -0.39 is 0 Å². The van der Waals surface area contributed by atoms with Crippen LogP contribution in [0, 0.1) is 13.8 Å². The van der Waals surface area contributed by atoms with Crippen molar-refractivity contribution in [3.05, 3.63) is 120 Å². The minimum atomic E-state index is -0.241. The Bertz CT molecular complexity index is 1650. The molecule has 5 aromatic rings. The van der Waals surface area contributed by atoms with Gasteiger partial charge in [0.05, 0.1) is 17.8 Å². The Kier molecular flexibility index (Phi) is 7.17.